The molecule has 0 fully saturated rings. The van der Waals surface area contributed by atoms with Crippen LogP contribution in [0.3, 0.4) is 0 Å². The summed E-state index contributed by atoms with van der Waals surface area (Å²) in [5.41, 5.74) is 2.44. The van der Waals surface area contributed by atoms with Gasteiger partial charge in [-0.1, -0.05) is 25.7 Å². The van der Waals surface area contributed by atoms with Crippen LogP contribution in [-0.2, 0) is 32.2 Å². The monoisotopic (exact) mass is 432 g/mol. The molecule has 0 aliphatic carbocycles. The number of carbonyl (C=O) groups excluding carboxylic acids is 2. The molecule has 2 aromatic rings. The van der Waals surface area contributed by atoms with Crippen molar-refractivity contribution in [3.8, 4) is 0 Å². The summed E-state index contributed by atoms with van der Waals surface area (Å²) in [6.45, 7) is 15.7. The Hall–Kier alpha value is -1.99. The summed E-state index contributed by atoms with van der Waals surface area (Å²) in [5.74, 6) is -0.752. The molecule has 166 valence electrons. The minimum atomic E-state index is -1.10. The first kappa shape index (κ1) is 24.3. The topological polar surface area (TPSA) is 70.4 Å². The van der Waals surface area contributed by atoms with Gasteiger partial charge in [-0.25, -0.2) is 4.68 Å². The number of fused-ring (bicyclic) bond motifs is 1. The molecule has 1 heterocycles. The molecule has 0 spiro atoms. The molecule has 30 heavy (non-hydrogen) atoms. The van der Waals surface area contributed by atoms with Gasteiger partial charge in [-0.15, -0.1) is 0 Å². The highest BCUT2D eigenvalue weighted by Crippen LogP contribution is 2.22. The SMILES string of the molecule is Cc1cc(CC(C=O)CC(=O)OC(C)(C)C)cc2cn(COCC[Si](C)(C)C)nc12. The van der Waals surface area contributed by atoms with Crippen molar-refractivity contribution in [2.24, 2.45) is 5.92 Å². The normalized spacial score (nSPS) is 13.4. The lowest BCUT2D eigenvalue weighted by atomic mass is 9.95. The van der Waals surface area contributed by atoms with Crippen molar-refractivity contribution in [1.29, 1.82) is 0 Å². The Morgan fingerprint density at radius 2 is 1.97 bits per heavy atom. The first-order valence-electron chi connectivity index (χ1n) is 10.6. The van der Waals surface area contributed by atoms with Crippen LogP contribution in [0.1, 0.15) is 38.3 Å². The summed E-state index contributed by atoms with van der Waals surface area (Å²) in [6.07, 6.45) is 3.41. The minimum absolute atomic E-state index is 0.0854. The lowest BCUT2D eigenvalue weighted by Crippen LogP contribution is -2.26. The first-order chi connectivity index (χ1) is 13.9. The average Bonchev–Trinajstić information content (AvgIpc) is 2.99. The van der Waals surface area contributed by atoms with E-state index >= 15 is 0 Å². The molecule has 0 bridgehead atoms. The largest absolute Gasteiger partial charge is 0.460 e. The molecule has 1 aromatic heterocycles. The van der Waals surface area contributed by atoms with Crippen molar-refractivity contribution in [2.45, 2.75) is 78.6 Å². The molecule has 6 nitrogen and oxygen atoms in total. The fraction of sp³-hybridized carbons (Fsp3) is 0.609. The van der Waals surface area contributed by atoms with Crippen LogP contribution in [-0.4, -0.2) is 42.3 Å². The zero-order valence-electron chi connectivity index (χ0n) is 19.4. The van der Waals surface area contributed by atoms with Crippen LogP contribution in [0.4, 0.5) is 0 Å². The molecule has 1 atom stereocenters. The number of hydrogen-bond donors (Lipinski definition) is 0. The van der Waals surface area contributed by atoms with Crippen LogP contribution in [0.5, 0.6) is 0 Å². The lowest BCUT2D eigenvalue weighted by Gasteiger charge is -2.20. The highest BCUT2D eigenvalue weighted by molar-refractivity contribution is 6.76. The first-order valence-corrected chi connectivity index (χ1v) is 14.3. The molecule has 0 N–H and O–H groups in total. The van der Waals surface area contributed by atoms with Gasteiger partial charge in [-0.2, -0.15) is 5.10 Å². The predicted octanol–water partition coefficient (Wildman–Crippen LogP) is 4.75. The average molecular weight is 433 g/mol. The van der Waals surface area contributed by atoms with Gasteiger partial charge in [-0.3, -0.25) is 4.79 Å². The quantitative estimate of drug-likeness (QED) is 0.235. The Bertz CT molecular complexity index is 878. The van der Waals surface area contributed by atoms with Crippen molar-refractivity contribution >= 4 is 31.2 Å². The maximum atomic E-state index is 12.1. The van der Waals surface area contributed by atoms with Gasteiger partial charge in [0, 0.05) is 32.2 Å². The van der Waals surface area contributed by atoms with Crippen LogP contribution in [0.2, 0.25) is 25.7 Å². The van der Waals surface area contributed by atoms with Crippen LogP contribution in [0, 0.1) is 12.8 Å². The molecule has 1 aromatic carbocycles. The molecular weight excluding hydrogens is 396 g/mol. The van der Waals surface area contributed by atoms with E-state index in [9.17, 15) is 9.59 Å². The third kappa shape index (κ3) is 8.03. The van der Waals surface area contributed by atoms with Crippen LogP contribution in [0.25, 0.3) is 10.9 Å². The van der Waals surface area contributed by atoms with Crippen LogP contribution < -0.4 is 0 Å². The summed E-state index contributed by atoms with van der Waals surface area (Å²) in [5, 5.41) is 5.65. The molecular formula is C23H36N2O4Si. The van der Waals surface area contributed by atoms with E-state index in [0.717, 1.165) is 41.0 Å². The van der Waals surface area contributed by atoms with E-state index in [0.29, 0.717) is 13.2 Å². The van der Waals surface area contributed by atoms with Crippen molar-refractivity contribution in [1.82, 2.24) is 9.78 Å². The zero-order chi connectivity index (χ0) is 22.5. The Labute approximate surface area is 180 Å². The van der Waals surface area contributed by atoms with Gasteiger partial charge in [-0.05, 0) is 57.4 Å². The zero-order valence-corrected chi connectivity index (χ0v) is 20.4. The number of rotatable bonds is 10. The maximum absolute atomic E-state index is 12.1. The summed E-state index contributed by atoms with van der Waals surface area (Å²) >= 11 is 0. The lowest BCUT2D eigenvalue weighted by molar-refractivity contribution is -0.156. The van der Waals surface area contributed by atoms with Crippen molar-refractivity contribution in [2.75, 3.05) is 6.61 Å². The molecule has 0 saturated heterocycles. The second kappa shape index (κ2) is 9.88. The van der Waals surface area contributed by atoms with E-state index in [2.05, 4.69) is 24.7 Å². The molecule has 2 rings (SSSR count). The highest BCUT2D eigenvalue weighted by Gasteiger charge is 2.21. The molecule has 0 saturated carbocycles. The van der Waals surface area contributed by atoms with Gasteiger partial charge < -0.3 is 14.3 Å². The van der Waals surface area contributed by atoms with Gasteiger partial charge in [0.25, 0.3) is 0 Å². The minimum Gasteiger partial charge on any atom is -0.460 e. The van der Waals surface area contributed by atoms with E-state index in [1.807, 2.05) is 50.7 Å². The maximum Gasteiger partial charge on any atom is 0.307 e. The van der Waals surface area contributed by atoms with Gasteiger partial charge in [0.1, 0.15) is 18.6 Å². The third-order valence-corrected chi connectivity index (χ3v) is 6.37. The van der Waals surface area contributed by atoms with Crippen molar-refractivity contribution in [3.05, 3.63) is 29.5 Å². The van der Waals surface area contributed by atoms with E-state index in [1.54, 1.807) is 0 Å². The second-order valence-corrected chi connectivity index (χ2v) is 15.9. The Morgan fingerprint density at radius 1 is 1.27 bits per heavy atom. The summed E-state index contributed by atoms with van der Waals surface area (Å²) in [4.78, 5) is 23.6. The number of ether oxygens (including phenoxy) is 2. The molecule has 1 unspecified atom stereocenters. The van der Waals surface area contributed by atoms with Crippen molar-refractivity contribution in [3.63, 3.8) is 0 Å². The molecule has 0 radical (unpaired) electrons. The van der Waals surface area contributed by atoms with E-state index in [-0.39, 0.29) is 12.4 Å². The number of nitrogens with zero attached hydrogens (tertiary/aromatic N) is 2. The predicted molar refractivity (Wildman–Crippen MR) is 122 cm³/mol. The number of aryl methyl sites for hydroxylation is 1. The fourth-order valence-corrected chi connectivity index (χ4v) is 3.98. The Morgan fingerprint density at radius 3 is 2.57 bits per heavy atom. The molecule has 0 aliphatic rings. The summed E-state index contributed by atoms with van der Waals surface area (Å²) in [6, 6.07) is 5.21. The summed E-state index contributed by atoms with van der Waals surface area (Å²) in [7, 11) is -1.10. The number of carbonyl (C=O) groups is 2. The van der Waals surface area contributed by atoms with Crippen molar-refractivity contribution < 1.29 is 19.1 Å². The van der Waals surface area contributed by atoms with Gasteiger partial charge in [0.05, 0.1) is 11.9 Å². The second-order valence-electron chi connectivity index (χ2n) is 10.3. The smallest absolute Gasteiger partial charge is 0.307 e. The van der Waals surface area contributed by atoms with E-state index < -0.39 is 19.6 Å². The molecule has 7 heteroatoms. The fourth-order valence-electron chi connectivity index (χ4n) is 3.23. The Balaban J connectivity index is 2.04. The number of aromatic nitrogens is 2. The van der Waals surface area contributed by atoms with Crippen LogP contribution >= 0.6 is 0 Å². The number of hydrogen-bond acceptors (Lipinski definition) is 5. The van der Waals surface area contributed by atoms with Gasteiger partial charge in [0.15, 0.2) is 0 Å². The van der Waals surface area contributed by atoms with Gasteiger partial charge >= 0.3 is 5.97 Å². The van der Waals surface area contributed by atoms with Gasteiger partial charge in [0.2, 0.25) is 0 Å². The molecule has 0 amide bonds. The number of esters is 1. The number of benzene rings is 1. The molecule has 0 aliphatic heterocycles. The Kier molecular flexibility index (Phi) is 7.99. The number of aldehydes is 1. The van der Waals surface area contributed by atoms with E-state index in [1.165, 1.54) is 0 Å². The standard InChI is InChI=1S/C23H36N2O4Si/c1-17-10-18(11-19(15-26)13-21(27)29-23(2,3)4)12-20-14-25(24-22(17)20)16-28-8-9-30(5,6)7/h10,12,14-15,19H,8-9,11,13,16H2,1-7H3. The van der Waals surface area contributed by atoms with E-state index in [4.69, 9.17) is 9.47 Å². The van der Waals surface area contributed by atoms with Crippen LogP contribution in [0.15, 0.2) is 18.3 Å². The third-order valence-electron chi connectivity index (χ3n) is 4.67. The highest BCUT2D eigenvalue weighted by atomic mass is 28.3. The summed E-state index contributed by atoms with van der Waals surface area (Å²) < 4.78 is 13.0.